The smallest absolute Gasteiger partial charge is 0.303 e. The van der Waals surface area contributed by atoms with Gasteiger partial charge in [-0.15, -0.1) is 28.4 Å². The Morgan fingerprint density at radius 2 is 1.05 bits per heavy atom. The molecule has 0 aliphatic carbocycles. The maximum absolute atomic E-state index is 12.0. The molecule has 0 unspecified atom stereocenters. The van der Waals surface area contributed by atoms with Gasteiger partial charge in [-0.2, -0.15) is 0 Å². The Labute approximate surface area is 263 Å². The SMILES string of the molecule is CC(C)(Sc1cc(C(C)(C)C)c(N=O)c(C(C)(C)C)c1)Sc1cc(C(C)(C)C)c(OCCCC(=O)O)c(C(C)(C)C)c1. The summed E-state index contributed by atoms with van der Waals surface area (Å²) in [5.41, 5.74) is 3.98. The third-order valence-electron chi connectivity index (χ3n) is 6.98. The van der Waals surface area contributed by atoms with Gasteiger partial charge in [-0.05, 0) is 82.5 Å². The van der Waals surface area contributed by atoms with Crippen molar-refractivity contribution in [1.82, 2.24) is 0 Å². The van der Waals surface area contributed by atoms with Gasteiger partial charge in [-0.1, -0.05) is 83.1 Å². The lowest BCUT2D eigenvalue weighted by Gasteiger charge is -2.32. The number of carboxylic acid groups (broad SMARTS) is 1. The van der Waals surface area contributed by atoms with Gasteiger partial charge in [0.05, 0.1) is 10.7 Å². The van der Waals surface area contributed by atoms with E-state index >= 15 is 0 Å². The summed E-state index contributed by atoms with van der Waals surface area (Å²) in [7, 11) is 0. The van der Waals surface area contributed by atoms with Crippen molar-refractivity contribution < 1.29 is 14.6 Å². The first-order valence-electron chi connectivity index (χ1n) is 14.8. The third-order valence-corrected chi connectivity index (χ3v) is 9.40. The molecule has 0 heterocycles. The van der Waals surface area contributed by atoms with E-state index in [4.69, 9.17) is 9.84 Å². The van der Waals surface area contributed by atoms with Gasteiger partial charge in [0.25, 0.3) is 0 Å². The second-order valence-corrected chi connectivity index (χ2v) is 19.4. The van der Waals surface area contributed by atoms with Gasteiger partial charge in [-0.3, -0.25) is 4.79 Å². The van der Waals surface area contributed by atoms with Crippen LogP contribution in [0, 0.1) is 4.91 Å². The van der Waals surface area contributed by atoms with Crippen LogP contribution in [-0.2, 0) is 26.5 Å². The molecule has 2 aromatic carbocycles. The molecule has 0 atom stereocenters. The highest BCUT2D eigenvalue weighted by Crippen LogP contribution is 2.51. The summed E-state index contributed by atoms with van der Waals surface area (Å²) in [5, 5.41) is 12.6. The number of hydrogen-bond donors (Lipinski definition) is 1. The van der Waals surface area contributed by atoms with Crippen molar-refractivity contribution in [2.45, 2.75) is 145 Å². The summed E-state index contributed by atoms with van der Waals surface area (Å²) >= 11 is 3.63. The number of aliphatic carboxylic acids is 1. The Hall–Kier alpha value is -1.99. The largest absolute Gasteiger partial charge is 0.493 e. The predicted octanol–water partition coefficient (Wildman–Crippen LogP) is 11.1. The molecule has 0 aliphatic rings. The number of rotatable bonds is 10. The van der Waals surface area contributed by atoms with Crippen LogP contribution in [0.5, 0.6) is 5.75 Å². The fourth-order valence-electron chi connectivity index (χ4n) is 4.83. The van der Waals surface area contributed by atoms with Crippen LogP contribution in [0.3, 0.4) is 0 Å². The Balaban J connectivity index is 2.60. The molecule has 0 radical (unpaired) electrons. The van der Waals surface area contributed by atoms with Crippen LogP contribution in [0.15, 0.2) is 39.2 Å². The van der Waals surface area contributed by atoms with E-state index in [-0.39, 0.29) is 32.2 Å². The summed E-state index contributed by atoms with van der Waals surface area (Å²) in [6, 6.07) is 8.78. The molecular formula is C35H53NO4S2. The molecule has 0 bridgehead atoms. The molecule has 2 rings (SSSR count). The molecule has 0 spiro atoms. The first kappa shape index (κ1) is 36.2. The molecule has 0 aromatic heterocycles. The molecule has 2 aromatic rings. The highest BCUT2D eigenvalue weighted by atomic mass is 32.2. The van der Waals surface area contributed by atoms with Crippen molar-refractivity contribution in [2.75, 3.05) is 6.61 Å². The Bertz CT molecular complexity index is 1220. The average Bonchev–Trinajstić information content (AvgIpc) is 2.78. The van der Waals surface area contributed by atoms with Crippen LogP contribution >= 0.6 is 23.5 Å². The molecule has 0 fully saturated rings. The van der Waals surface area contributed by atoms with Gasteiger partial charge in [0.2, 0.25) is 0 Å². The number of carboxylic acids is 1. The van der Waals surface area contributed by atoms with Crippen molar-refractivity contribution >= 4 is 35.2 Å². The van der Waals surface area contributed by atoms with Gasteiger partial charge in [0.1, 0.15) is 11.4 Å². The molecule has 234 valence electrons. The lowest BCUT2D eigenvalue weighted by atomic mass is 9.79. The molecule has 0 saturated carbocycles. The number of hydrogen-bond acceptors (Lipinski definition) is 6. The molecular weight excluding hydrogens is 563 g/mol. The van der Waals surface area contributed by atoms with Crippen LogP contribution in [0.2, 0.25) is 0 Å². The maximum atomic E-state index is 12.0. The lowest BCUT2D eigenvalue weighted by Crippen LogP contribution is -2.21. The topological polar surface area (TPSA) is 76.0 Å². The van der Waals surface area contributed by atoms with Gasteiger partial charge in [-0.25, -0.2) is 0 Å². The van der Waals surface area contributed by atoms with Crippen LogP contribution in [0.1, 0.15) is 132 Å². The van der Waals surface area contributed by atoms with E-state index in [1.54, 1.807) is 11.8 Å². The quantitative estimate of drug-likeness (QED) is 0.124. The van der Waals surface area contributed by atoms with Crippen molar-refractivity contribution in [2.24, 2.45) is 5.18 Å². The van der Waals surface area contributed by atoms with E-state index in [2.05, 4.69) is 126 Å². The minimum Gasteiger partial charge on any atom is -0.493 e. The first-order chi connectivity index (χ1) is 18.9. The summed E-state index contributed by atoms with van der Waals surface area (Å²) < 4.78 is 6.12. The third kappa shape index (κ3) is 9.77. The van der Waals surface area contributed by atoms with Crippen molar-refractivity contribution in [1.29, 1.82) is 0 Å². The first-order valence-corrected chi connectivity index (χ1v) is 16.4. The fourth-order valence-corrected chi connectivity index (χ4v) is 7.41. The van der Waals surface area contributed by atoms with Crippen LogP contribution < -0.4 is 4.74 Å². The lowest BCUT2D eigenvalue weighted by molar-refractivity contribution is -0.137. The van der Waals surface area contributed by atoms with Gasteiger partial charge in [0.15, 0.2) is 0 Å². The number of nitrogens with zero attached hydrogens (tertiary/aromatic N) is 1. The molecule has 0 aliphatic heterocycles. The fraction of sp³-hybridized carbons (Fsp3) is 0.629. The van der Waals surface area contributed by atoms with Crippen LogP contribution in [-0.4, -0.2) is 21.8 Å². The molecule has 5 nitrogen and oxygen atoms in total. The molecule has 1 N–H and O–H groups in total. The Kier molecular flexibility index (Phi) is 11.1. The summed E-state index contributed by atoms with van der Waals surface area (Å²) in [6.45, 7) is 30.8. The molecule has 0 saturated heterocycles. The van der Waals surface area contributed by atoms with Gasteiger partial charge in [0, 0.05) is 27.3 Å². The zero-order valence-electron chi connectivity index (χ0n) is 28.4. The monoisotopic (exact) mass is 615 g/mol. The average molecular weight is 616 g/mol. The van der Waals surface area contributed by atoms with E-state index in [1.807, 2.05) is 11.8 Å². The Morgan fingerprint density at radius 3 is 1.36 bits per heavy atom. The van der Waals surface area contributed by atoms with Gasteiger partial charge >= 0.3 is 5.97 Å². The van der Waals surface area contributed by atoms with E-state index in [0.717, 1.165) is 32.9 Å². The van der Waals surface area contributed by atoms with E-state index in [0.29, 0.717) is 18.7 Å². The van der Waals surface area contributed by atoms with Crippen molar-refractivity contribution in [3.8, 4) is 5.75 Å². The summed E-state index contributed by atoms with van der Waals surface area (Å²) in [6.07, 6.45) is 0.557. The highest BCUT2D eigenvalue weighted by molar-refractivity contribution is 8.18. The summed E-state index contributed by atoms with van der Waals surface area (Å²) in [5.74, 6) is 0.0651. The second-order valence-electron chi connectivity index (χ2n) is 15.8. The Morgan fingerprint density at radius 1 is 0.690 bits per heavy atom. The number of carbonyl (C=O) groups is 1. The van der Waals surface area contributed by atoms with Crippen LogP contribution in [0.4, 0.5) is 5.69 Å². The molecule has 7 heteroatoms. The van der Waals surface area contributed by atoms with E-state index in [9.17, 15) is 9.70 Å². The van der Waals surface area contributed by atoms with E-state index in [1.165, 1.54) is 4.90 Å². The highest BCUT2D eigenvalue weighted by Gasteiger charge is 2.32. The minimum absolute atomic E-state index is 0.0901. The number of benzene rings is 2. The molecule has 0 amide bonds. The zero-order valence-corrected chi connectivity index (χ0v) is 30.0. The maximum Gasteiger partial charge on any atom is 0.303 e. The van der Waals surface area contributed by atoms with Gasteiger partial charge < -0.3 is 9.84 Å². The normalized spacial score (nSPS) is 13.3. The number of thioether (sulfide) groups is 2. The number of nitroso groups, excluding NO2 is 1. The second kappa shape index (κ2) is 12.9. The predicted molar refractivity (Wildman–Crippen MR) is 181 cm³/mol. The van der Waals surface area contributed by atoms with E-state index < -0.39 is 5.97 Å². The minimum atomic E-state index is -0.807. The number of ether oxygens (including phenoxy) is 1. The van der Waals surface area contributed by atoms with Crippen molar-refractivity contribution in [3.05, 3.63) is 51.4 Å². The molecule has 42 heavy (non-hydrogen) atoms. The zero-order chi connectivity index (χ0) is 32.5. The van der Waals surface area contributed by atoms with Crippen molar-refractivity contribution in [3.63, 3.8) is 0 Å². The summed E-state index contributed by atoms with van der Waals surface area (Å²) in [4.78, 5) is 25.4. The van der Waals surface area contributed by atoms with Crippen LogP contribution in [0.25, 0.3) is 0 Å². The standard InChI is InChI=1S/C35H53NO4S2/c1-31(2,3)24-18-22(19-25(29(24)36-39)32(4,5)6)41-35(13,14)42-23-20-26(33(7,8)9)30(27(21-23)34(10,11)12)40-17-15-16-28(37)38/h18-21H,15-17H2,1-14H3,(H,37,38).